The second-order valence-electron chi connectivity index (χ2n) is 8.91. The highest BCUT2D eigenvalue weighted by Gasteiger charge is 2.10. The molecule has 2 rings (SSSR count). The van der Waals surface area contributed by atoms with E-state index in [1.165, 1.54) is 38.5 Å². The molecule has 0 fully saturated rings. The standard InChI is InChI=1S/C29H40O4/c1-4-6-7-8-9-10-11-12-13-28(30)33-27-20-18-25(19-21-27)24-14-16-26(17-15-24)29(31)32-22-23(3)5-2/h14-21,23H,4-13,22H2,1-3H3. The number of hydrogen-bond acceptors (Lipinski definition) is 4. The van der Waals surface area contributed by atoms with Crippen LogP contribution in [-0.4, -0.2) is 18.5 Å². The van der Waals surface area contributed by atoms with E-state index in [0.717, 1.165) is 30.4 Å². The van der Waals surface area contributed by atoms with Gasteiger partial charge in [0.15, 0.2) is 0 Å². The summed E-state index contributed by atoms with van der Waals surface area (Å²) in [5, 5.41) is 0. The molecule has 0 bridgehead atoms. The topological polar surface area (TPSA) is 52.6 Å². The quantitative estimate of drug-likeness (QED) is 0.156. The first-order valence-electron chi connectivity index (χ1n) is 12.6. The number of hydrogen-bond donors (Lipinski definition) is 0. The molecule has 2 aromatic carbocycles. The summed E-state index contributed by atoms with van der Waals surface area (Å²) in [7, 11) is 0. The van der Waals surface area contributed by atoms with Crippen molar-refractivity contribution in [1.29, 1.82) is 0 Å². The normalized spacial score (nSPS) is 11.7. The van der Waals surface area contributed by atoms with E-state index in [9.17, 15) is 9.59 Å². The van der Waals surface area contributed by atoms with E-state index in [2.05, 4.69) is 20.8 Å². The lowest BCUT2D eigenvalue weighted by molar-refractivity contribution is -0.134. The van der Waals surface area contributed by atoms with Crippen LogP contribution < -0.4 is 4.74 Å². The van der Waals surface area contributed by atoms with E-state index in [-0.39, 0.29) is 11.9 Å². The minimum atomic E-state index is -0.291. The monoisotopic (exact) mass is 452 g/mol. The van der Waals surface area contributed by atoms with Crippen molar-refractivity contribution in [3.05, 3.63) is 54.1 Å². The SMILES string of the molecule is CCCCCCCCCCC(=O)Oc1ccc(-c2ccc(C(=O)OCC(C)CC)cc2)cc1. The Morgan fingerprint density at radius 3 is 1.88 bits per heavy atom. The van der Waals surface area contributed by atoms with Gasteiger partial charge in [-0.1, -0.05) is 96.4 Å². The highest BCUT2D eigenvalue weighted by Crippen LogP contribution is 2.23. The lowest BCUT2D eigenvalue weighted by atomic mass is 10.0. The molecule has 0 heterocycles. The fourth-order valence-corrected chi connectivity index (χ4v) is 3.52. The van der Waals surface area contributed by atoms with Crippen LogP contribution in [-0.2, 0) is 9.53 Å². The molecular weight excluding hydrogens is 412 g/mol. The van der Waals surface area contributed by atoms with Gasteiger partial charge >= 0.3 is 11.9 Å². The highest BCUT2D eigenvalue weighted by molar-refractivity contribution is 5.90. The summed E-state index contributed by atoms with van der Waals surface area (Å²) in [5.41, 5.74) is 2.54. The van der Waals surface area contributed by atoms with Gasteiger partial charge in [-0.25, -0.2) is 4.79 Å². The number of benzene rings is 2. The first-order valence-corrected chi connectivity index (χ1v) is 12.6. The van der Waals surface area contributed by atoms with Crippen LogP contribution in [0.3, 0.4) is 0 Å². The summed E-state index contributed by atoms with van der Waals surface area (Å²) in [5.74, 6) is 0.462. The number of rotatable bonds is 15. The van der Waals surface area contributed by atoms with Crippen LogP contribution in [0.2, 0.25) is 0 Å². The lowest BCUT2D eigenvalue weighted by Gasteiger charge is -2.10. The maximum absolute atomic E-state index is 12.2. The van der Waals surface area contributed by atoms with Crippen molar-refractivity contribution in [3.8, 4) is 16.9 Å². The zero-order valence-corrected chi connectivity index (χ0v) is 20.6. The van der Waals surface area contributed by atoms with Crippen molar-refractivity contribution in [2.75, 3.05) is 6.61 Å². The zero-order valence-electron chi connectivity index (χ0n) is 20.6. The third kappa shape index (κ3) is 10.2. The zero-order chi connectivity index (χ0) is 23.9. The lowest BCUT2D eigenvalue weighted by Crippen LogP contribution is -2.11. The number of ether oxygens (including phenoxy) is 2. The van der Waals surface area contributed by atoms with E-state index < -0.39 is 0 Å². The van der Waals surface area contributed by atoms with Crippen LogP contribution in [0.15, 0.2) is 48.5 Å². The summed E-state index contributed by atoms with van der Waals surface area (Å²) in [6.07, 6.45) is 11.1. The maximum atomic E-state index is 12.2. The number of esters is 2. The van der Waals surface area contributed by atoms with Crippen molar-refractivity contribution in [2.45, 2.75) is 85.0 Å². The number of carbonyl (C=O) groups is 2. The highest BCUT2D eigenvalue weighted by atomic mass is 16.5. The van der Waals surface area contributed by atoms with Crippen LogP contribution >= 0.6 is 0 Å². The van der Waals surface area contributed by atoms with Crippen molar-refractivity contribution < 1.29 is 19.1 Å². The smallest absolute Gasteiger partial charge is 0.338 e. The molecule has 0 radical (unpaired) electrons. The van der Waals surface area contributed by atoms with Crippen LogP contribution in [0.1, 0.15) is 95.3 Å². The second kappa shape index (κ2) is 15.3. The van der Waals surface area contributed by atoms with E-state index >= 15 is 0 Å². The molecule has 2 aromatic rings. The third-order valence-corrected chi connectivity index (χ3v) is 5.97. The largest absolute Gasteiger partial charge is 0.462 e. The Hall–Kier alpha value is -2.62. The molecule has 0 aromatic heterocycles. The van der Waals surface area contributed by atoms with E-state index in [0.29, 0.717) is 30.3 Å². The molecule has 1 atom stereocenters. The molecule has 0 spiro atoms. The third-order valence-electron chi connectivity index (χ3n) is 5.97. The van der Waals surface area contributed by atoms with E-state index in [1.807, 2.05) is 36.4 Å². The van der Waals surface area contributed by atoms with Gasteiger partial charge in [0.05, 0.1) is 12.2 Å². The number of carbonyl (C=O) groups excluding carboxylic acids is 2. The summed E-state index contributed by atoms with van der Waals surface area (Å²) in [4.78, 5) is 24.2. The second-order valence-corrected chi connectivity index (χ2v) is 8.91. The Kier molecular flexibility index (Phi) is 12.3. The molecule has 180 valence electrons. The van der Waals surface area contributed by atoms with Crippen molar-refractivity contribution in [1.82, 2.24) is 0 Å². The van der Waals surface area contributed by atoms with Gasteiger partial charge in [0.2, 0.25) is 0 Å². The first-order chi connectivity index (χ1) is 16.0. The molecule has 33 heavy (non-hydrogen) atoms. The molecule has 4 heteroatoms. The number of unbranched alkanes of at least 4 members (excludes halogenated alkanes) is 7. The van der Waals surface area contributed by atoms with Crippen LogP contribution in [0.5, 0.6) is 5.75 Å². The maximum Gasteiger partial charge on any atom is 0.338 e. The fraction of sp³-hybridized carbons (Fsp3) is 0.517. The van der Waals surface area contributed by atoms with Crippen molar-refractivity contribution >= 4 is 11.9 Å². The van der Waals surface area contributed by atoms with Gasteiger partial charge in [-0.05, 0) is 47.7 Å². The Balaban J connectivity index is 1.74. The summed E-state index contributed by atoms with van der Waals surface area (Å²) >= 11 is 0. The summed E-state index contributed by atoms with van der Waals surface area (Å²) < 4.78 is 10.8. The molecule has 1 unspecified atom stereocenters. The molecule has 0 saturated carbocycles. The van der Waals surface area contributed by atoms with Gasteiger partial charge in [0.25, 0.3) is 0 Å². The molecule has 0 N–H and O–H groups in total. The van der Waals surface area contributed by atoms with Gasteiger partial charge in [-0.3, -0.25) is 4.79 Å². The molecular formula is C29H40O4. The van der Waals surface area contributed by atoms with E-state index in [1.54, 1.807) is 12.1 Å². The van der Waals surface area contributed by atoms with Gasteiger partial charge in [0.1, 0.15) is 5.75 Å². The molecule has 0 amide bonds. The Labute approximate surface area is 199 Å². The minimum Gasteiger partial charge on any atom is -0.462 e. The van der Waals surface area contributed by atoms with E-state index in [4.69, 9.17) is 9.47 Å². The summed E-state index contributed by atoms with van der Waals surface area (Å²) in [6, 6.07) is 14.9. The predicted molar refractivity (Wildman–Crippen MR) is 134 cm³/mol. The van der Waals surface area contributed by atoms with Crippen LogP contribution in [0.25, 0.3) is 11.1 Å². The molecule has 0 aliphatic rings. The van der Waals surface area contributed by atoms with Crippen LogP contribution in [0.4, 0.5) is 0 Å². The van der Waals surface area contributed by atoms with Gasteiger partial charge < -0.3 is 9.47 Å². The van der Waals surface area contributed by atoms with Gasteiger partial charge in [-0.15, -0.1) is 0 Å². The molecule has 0 aliphatic heterocycles. The van der Waals surface area contributed by atoms with Crippen molar-refractivity contribution in [3.63, 3.8) is 0 Å². The Morgan fingerprint density at radius 2 is 1.30 bits per heavy atom. The Bertz CT molecular complexity index is 824. The minimum absolute atomic E-state index is 0.172. The van der Waals surface area contributed by atoms with Gasteiger partial charge in [0, 0.05) is 6.42 Å². The molecule has 0 saturated heterocycles. The summed E-state index contributed by atoms with van der Waals surface area (Å²) in [6.45, 7) is 6.81. The molecule has 0 aliphatic carbocycles. The van der Waals surface area contributed by atoms with Crippen molar-refractivity contribution in [2.24, 2.45) is 5.92 Å². The first kappa shape index (κ1) is 26.6. The Morgan fingerprint density at radius 1 is 0.758 bits per heavy atom. The molecule has 4 nitrogen and oxygen atoms in total. The fourth-order valence-electron chi connectivity index (χ4n) is 3.52. The predicted octanol–water partition coefficient (Wildman–Crippen LogP) is 7.99. The average Bonchev–Trinajstić information content (AvgIpc) is 2.84. The van der Waals surface area contributed by atoms with Crippen LogP contribution in [0, 0.1) is 5.92 Å². The average molecular weight is 453 g/mol. The van der Waals surface area contributed by atoms with Gasteiger partial charge in [-0.2, -0.15) is 0 Å².